The van der Waals surface area contributed by atoms with Gasteiger partial charge in [0.05, 0.1) is 16.6 Å². The summed E-state index contributed by atoms with van der Waals surface area (Å²) in [5.41, 5.74) is 1.75. The molecule has 3 aromatic rings. The molecule has 0 bridgehead atoms. The molecule has 1 unspecified atom stereocenters. The first kappa shape index (κ1) is 21.4. The summed E-state index contributed by atoms with van der Waals surface area (Å²) in [6.45, 7) is 0. The van der Waals surface area contributed by atoms with Gasteiger partial charge in [-0.15, -0.1) is 0 Å². The summed E-state index contributed by atoms with van der Waals surface area (Å²) >= 11 is 7.05. The highest BCUT2D eigenvalue weighted by molar-refractivity contribution is 7.99. The second-order valence-electron chi connectivity index (χ2n) is 6.33. The molecule has 1 atom stereocenters. The number of carboxylic acid groups (broad SMARTS) is 1. The molecule has 0 saturated heterocycles. The van der Waals surface area contributed by atoms with Crippen molar-refractivity contribution in [2.75, 3.05) is 11.5 Å². The molecule has 1 N–H and O–H groups in total. The summed E-state index contributed by atoms with van der Waals surface area (Å²) in [5.74, 6) is -2.66. The van der Waals surface area contributed by atoms with E-state index in [1.807, 2.05) is 12.1 Å². The standard InChI is InChI=1S/C19H18ClN3O4S2/c1-23-19(21-12-22-23)28-10-15(18(24)25)11-29(26,27)17-8-4-14(5-9-17)13-2-6-16(20)7-3-13/h2-9,12,15H,10-11H2,1H3,(H,24,25). The molecule has 0 fully saturated rings. The number of rotatable bonds is 8. The summed E-state index contributed by atoms with van der Waals surface area (Å²) in [4.78, 5) is 15.7. The molecule has 1 aromatic heterocycles. The Hall–Kier alpha value is -2.36. The van der Waals surface area contributed by atoms with E-state index < -0.39 is 27.5 Å². The second-order valence-corrected chi connectivity index (χ2v) is 9.78. The Bertz CT molecular complexity index is 1100. The summed E-state index contributed by atoms with van der Waals surface area (Å²) in [7, 11) is -2.08. The Morgan fingerprint density at radius 3 is 2.24 bits per heavy atom. The summed E-state index contributed by atoms with van der Waals surface area (Å²) in [6.07, 6.45) is 1.36. The van der Waals surface area contributed by atoms with Gasteiger partial charge in [0.15, 0.2) is 15.0 Å². The third-order valence-electron chi connectivity index (χ3n) is 4.24. The molecule has 0 aliphatic rings. The first-order valence-electron chi connectivity index (χ1n) is 8.54. The van der Waals surface area contributed by atoms with Gasteiger partial charge in [0.2, 0.25) is 0 Å². The van der Waals surface area contributed by atoms with Gasteiger partial charge in [-0.25, -0.2) is 18.1 Å². The number of benzene rings is 2. The third kappa shape index (κ3) is 5.37. The molecule has 2 aromatic carbocycles. The van der Waals surface area contributed by atoms with Crippen LogP contribution in [0.1, 0.15) is 0 Å². The van der Waals surface area contributed by atoms with Crippen molar-refractivity contribution in [2.45, 2.75) is 10.1 Å². The van der Waals surface area contributed by atoms with Crippen molar-refractivity contribution in [3.05, 3.63) is 59.9 Å². The summed E-state index contributed by atoms with van der Waals surface area (Å²) in [5, 5.41) is 14.5. The average molecular weight is 452 g/mol. The number of aliphatic carboxylic acids is 1. The molecule has 1 heterocycles. The third-order valence-corrected chi connectivity index (χ3v) is 7.52. The minimum Gasteiger partial charge on any atom is -0.481 e. The number of aryl methyl sites for hydroxylation is 1. The molecule has 3 rings (SSSR count). The van der Waals surface area contributed by atoms with Crippen LogP contribution in [0.4, 0.5) is 0 Å². The SMILES string of the molecule is Cn1ncnc1SCC(CS(=O)(=O)c1ccc(-c2ccc(Cl)cc2)cc1)C(=O)O. The highest BCUT2D eigenvalue weighted by Crippen LogP contribution is 2.25. The van der Waals surface area contributed by atoms with Gasteiger partial charge >= 0.3 is 5.97 Å². The molecular weight excluding hydrogens is 434 g/mol. The fraction of sp³-hybridized carbons (Fsp3) is 0.211. The molecular formula is C19H18ClN3O4S2. The second kappa shape index (κ2) is 8.98. The average Bonchev–Trinajstić information content (AvgIpc) is 3.10. The lowest BCUT2D eigenvalue weighted by atomic mass is 10.1. The van der Waals surface area contributed by atoms with Crippen LogP contribution in [-0.2, 0) is 21.7 Å². The lowest BCUT2D eigenvalue weighted by Crippen LogP contribution is -2.26. The number of carbonyl (C=O) groups is 1. The van der Waals surface area contributed by atoms with Crippen molar-refractivity contribution >= 4 is 39.2 Å². The van der Waals surface area contributed by atoms with E-state index >= 15 is 0 Å². The minimum atomic E-state index is -3.77. The lowest BCUT2D eigenvalue weighted by molar-refractivity contribution is -0.140. The zero-order valence-corrected chi connectivity index (χ0v) is 17.8. The van der Waals surface area contributed by atoms with Crippen molar-refractivity contribution < 1.29 is 18.3 Å². The number of halogens is 1. The molecule has 0 saturated carbocycles. The molecule has 0 spiro atoms. The summed E-state index contributed by atoms with van der Waals surface area (Å²) < 4.78 is 27.0. The van der Waals surface area contributed by atoms with E-state index in [0.717, 1.165) is 22.9 Å². The van der Waals surface area contributed by atoms with Crippen LogP contribution in [0, 0.1) is 5.92 Å². The fourth-order valence-electron chi connectivity index (χ4n) is 2.64. The Labute approximate surface area is 177 Å². The fourth-order valence-corrected chi connectivity index (χ4v) is 5.42. The molecule has 7 nitrogen and oxygen atoms in total. The van der Waals surface area contributed by atoms with Gasteiger partial charge in [0.25, 0.3) is 0 Å². The Morgan fingerprint density at radius 2 is 1.72 bits per heavy atom. The smallest absolute Gasteiger partial charge is 0.308 e. The van der Waals surface area contributed by atoms with Crippen molar-refractivity contribution in [1.29, 1.82) is 0 Å². The van der Waals surface area contributed by atoms with Gasteiger partial charge in [-0.1, -0.05) is 47.6 Å². The van der Waals surface area contributed by atoms with Crippen LogP contribution in [0.15, 0.2) is 64.9 Å². The van der Waals surface area contributed by atoms with E-state index in [1.54, 1.807) is 31.3 Å². The highest BCUT2D eigenvalue weighted by atomic mass is 35.5. The monoisotopic (exact) mass is 451 g/mol. The first-order valence-corrected chi connectivity index (χ1v) is 11.6. The number of hydrogen-bond donors (Lipinski definition) is 1. The molecule has 0 aliphatic heterocycles. The van der Waals surface area contributed by atoms with Gasteiger partial charge < -0.3 is 5.11 Å². The quantitative estimate of drug-likeness (QED) is 0.523. The van der Waals surface area contributed by atoms with E-state index in [9.17, 15) is 18.3 Å². The van der Waals surface area contributed by atoms with Crippen LogP contribution in [0.3, 0.4) is 0 Å². The number of sulfone groups is 1. The normalized spacial score (nSPS) is 12.6. The minimum absolute atomic E-state index is 0.0734. The predicted molar refractivity (Wildman–Crippen MR) is 112 cm³/mol. The van der Waals surface area contributed by atoms with E-state index in [1.165, 1.54) is 23.1 Å². The molecule has 10 heteroatoms. The maximum Gasteiger partial charge on any atom is 0.308 e. The summed E-state index contributed by atoms with van der Waals surface area (Å²) in [6, 6.07) is 13.6. The number of carboxylic acids is 1. The number of aromatic nitrogens is 3. The van der Waals surface area contributed by atoms with Crippen LogP contribution >= 0.6 is 23.4 Å². The Balaban J connectivity index is 1.73. The van der Waals surface area contributed by atoms with Crippen molar-refractivity contribution in [2.24, 2.45) is 13.0 Å². The van der Waals surface area contributed by atoms with Gasteiger partial charge in [-0.2, -0.15) is 5.10 Å². The van der Waals surface area contributed by atoms with Gasteiger partial charge in [-0.3, -0.25) is 4.79 Å². The van der Waals surface area contributed by atoms with E-state index in [-0.39, 0.29) is 10.6 Å². The maximum atomic E-state index is 12.7. The van der Waals surface area contributed by atoms with Gasteiger partial charge in [0.1, 0.15) is 6.33 Å². The van der Waals surface area contributed by atoms with Crippen LogP contribution in [-0.4, -0.2) is 45.8 Å². The number of nitrogens with zero attached hydrogens (tertiary/aromatic N) is 3. The Morgan fingerprint density at radius 1 is 1.14 bits per heavy atom. The van der Waals surface area contributed by atoms with Crippen molar-refractivity contribution in [3.63, 3.8) is 0 Å². The van der Waals surface area contributed by atoms with Crippen molar-refractivity contribution in [1.82, 2.24) is 14.8 Å². The number of hydrogen-bond acceptors (Lipinski definition) is 6. The van der Waals surface area contributed by atoms with Crippen LogP contribution in [0.25, 0.3) is 11.1 Å². The Kier molecular flexibility index (Phi) is 6.61. The van der Waals surface area contributed by atoms with E-state index in [2.05, 4.69) is 10.1 Å². The predicted octanol–water partition coefficient (Wildman–Crippen LogP) is 3.40. The largest absolute Gasteiger partial charge is 0.481 e. The van der Waals surface area contributed by atoms with Gasteiger partial charge in [-0.05, 0) is 35.4 Å². The van der Waals surface area contributed by atoms with Gasteiger partial charge in [0, 0.05) is 17.8 Å². The first-order chi connectivity index (χ1) is 13.8. The lowest BCUT2D eigenvalue weighted by Gasteiger charge is -2.13. The van der Waals surface area contributed by atoms with E-state index in [0.29, 0.717) is 10.2 Å². The molecule has 152 valence electrons. The zero-order valence-electron chi connectivity index (χ0n) is 15.4. The van der Waals surface area contributed by atoms with Crippen LogP contribution < -0.4 is 0 Å². The van der Waals surface area contributed by atoms with Crippen LogP contribution in [0.2, 0.25) is 5.02 Å². The topological polar surface area (TPSA) is 102 Å². The van der Waals surface area contributed by atoms with E-state index in [4.69, 9.17) is 11.6 Å². The maximum absolute atomic E-state index is 12.7. The number of thioether (sulfide) groups is 1. The molecule has 0 amide bonds. The molecule has 0 aliphatic carbocycles. The van der Waals surface area contributed by atoms with Crippen LogP contribution in [0.5, 0.6) is 0 Å². The molecule has 0 radical (unpaired) electrons. The van der Waals surface area contributed by atoms with Crippen molar-refractivity contribution in [3.8, 4) is 11.1 Å². The molecule has 29 heavy (non-hydrogen) atoms. The highest BCUT2D eigenvalue weighted by Gasteiger charge is 2.27. The zero-order chi connectivity index (χ0) is 21.0.